The van der Waals surface area contributed by atoms with E-state index in [2.05, 4.69) is 71.8 Å². The Balaban J connectivity index is 0.00000129. The van der Waals surface area contributed by atoms with Crippen molar-refractivity contribution in [2.45, 2.75) is 123 Å². The van der Waals surface area contributed by atoms with Gasteiger partial charge in [-0.05, 0) is 46.4 Å². The maximum atomic E-state index is 12.6. The Morgan fingerprint density at radius 3 is 1.56 bits per heavy atom. The van der Waals surface area contributed by atoms with Gasteiger partial charge >= 0.3 is 17.2 Å². The highest BCUT2D eigenvalue weighted by Gasteiger charge is 2.56. The van der Waals surface area contributed by atoms with Crippen LogP contribution >= 0.6 is 17.2 Å². The van der Waals surface area contributed by atoms with Gasteiger partial charge in [-0.2, -0.15) is 0 Å². The molecule has 2 rings (SSSR count). The third kappa shape index (κ3) is 11.5. The van der Waals surface area contributed by atoms with Crippen molar-refractivity contribution in [1.82, 2.24) is 0 Å². The predicted molar refractivity (Wildman–Crippen MR) is 182 cm³/mol. The average Bonchev–Trinajstić information content (AvgIpc) is 2.94. The van der Waals surface area contributed by atoms with Gasteiger partial charge in [-0.1, -0.05) is 135 Å². The summed E-state index contributed by atoms with van der Waals surface area (Å²) >= 11 is 0. The molecule has 0 heterocycles. The number of aryl methyl sites for hydroxylation is 1. The second-order valence-corrected chi connectivity index (χ2v) is 15.6. The summed E-state index contributed by atoms with van der Waals surface area (Å²) in [5, 5.41) is 47.1. The average molecular weight is 673 g/mol. The van der Waals surface area contributed by atoms with E-state index in [0.29, 0.717) is 17.5 Å². The van der Waals surface area contributed by atoms with Crippen LogP contribution < -0.4 is 0 Å². The second kappa shape index (κ2) is 18.5. The number of hydrogen-bond donors (Lipinski definition) is 8. The van der Waals surface area contributed by atoms with Crippen LogP contribution in [0, 0.1) is 12.3 Å². The van der Waals surface area contributed by atoms with Gasteiger partial charge in [0, 0.05) is 0 Å². The van der Waals surface area contributed by atoms with Crippen LogP contribution in [0.3, 0.4) is 0 Å². The van der Waals surface area contributed by atoms with Crippen LogP contribution in [0.1, 0.15) is 127 Å². The molecule has 2 unspecified atom stereocenters. The van der Waals surface area contributed by atoms with Crippen LogP contribution in [0.2, 0.25) is 0 Å². The van der Waals surface area contributed by atoms with E-state index in [9.17, 15) is 20.4 Å². The van der Waals surface area contributed by atoms with Crippen LogP contribution in [0.25, 0.3) is 0 Å². The zero-order valence-electron chi connectivity index (χ0n) is 28.4. The molecule has 0 aliphatic carbocycles. The van der Waals surface area contributed by atoms with Gasteiger partial charge in [0.05, 0.1) is 24.7 Å². The lowest BCUT2D eigenvalue weighted by Gasteiger charge is -2.50. The fourth-order valence-electron chi connectivity index (χ4n) is 5.94. The van der Waals surface area contributed by atoms with Crippen LogP contribution in [0.15, 0.2) is 42.5 Å². The zero-order chi connectivity index (χ0) is 34.6. The van der Waals surface area contributed by atoms with Gasteiger partial charge in [0.25, 0.3) is 0 Å². The molecule has 8 N–H and O–H groups in total. The van der Waals surface area contributed by atoms with Gasteiger partial charge in [0.15, 0.2) is 0 Å². The molecule has 9 nitrogen and oxygen atoms in total. The van der Waals surface area contributed by atoms with Crippen LogP contribution in [-0.2, 0) is 20.7 Å². The Morgan fingerprint density at radius 1 is 0.733 bits per heavy atom. The number of aliphatic hydroxyl groups is 4. The van der Waals surface area contributed by atoms with Crippen molar-refractivity contribution in [3.8, 4) is 0 Å². The van der Waals surface area contributed by atoms with Crippen molar-refractivity contribution in [3.05, 3.63) is 70.3 Å². The zero-order valence-corrected chi connectivity index (χ0v) is 30.2. The lowest BCUT2D eigenvalue weighted by molar-refractivity contribution is -0.197. The van der Waals surface area contributed by atoms with E-state index < -0.39 is 47.5 Å². The van der Waals surface area contributed by atoms with E-state index in [1.807, 2.05) is 30.3 Å². The molecule has 2 aromatic rings. The van der Waals surface area contributed by atoms with Gasteiger partial charge in [-0.25, -0.2) is 4.31 Å². The molecule has 2 atom stereocenters. The molecule has 0 aromatic heterocycles. The third-order valence-corrected chi connectivity index (χ3v) is 9.58. The topological polar surface area (TPSA) is 171 Å². The summed E-state index contributed by atoms with van der Waals surface area (Å²) in [6.45, 7) is 15.8. The summed E-state index contributed by atoms with van der Waals surface area (Å²) in [5.74, 6) is 0. The van der Waals surface area contributed by atoms with Crippen molar-refractivity contribution in [2.24, 2.45) is 5.41 Å². The summed E-state index contributed by atoms with van der Waals surface area (Å²) in [4.78, 5) is 31.3. The van der Waals surface area contributed by atoms with Crippen LogP contribution in [0.5, 0.6) is 0 Å². The number of benzene rings is 2. The normalized spacial score (nSPS) is 14.7. The molecule has 2 aromatic carbocycles. The first-order valence-electron chi connectivity index (χ1n) is 15.7. The first-order valence-corrected chi connectivity index (χ1v) is 18.0. The molecule has 11 heteroatoms. The first kappa shape index (κ1) is 42.0. The third-order valence-electron chi connectivity index (χ3n) is 8.41. The molecule has 0 saturated heterocycles. The summed E-state index contributed by atoms with van der Waals surface area (Å²) in [6.07, 6.45) is 5.31. The highest BCUT2D eigenvalue weighted by atomic mass is 31.2. The van der Waals surface area contributed by atoms with E-state index >= 15 is 0 Å². The molecule has 258 valence electrons. The fraction of sp³-hybridized carbons (Fsp3) is 0.647. The summed E-state index contributed by atoms with van der Waals surface area (Å²) < 4.78 is 3.60. The predicted octanol–water partition coefficient (Wildman–Crippen LogP) is 6.66. The van der Waals surface area contributed by atoms with Crippen molar-refractivity contribution in [1.29, 1.82) is 0 Å². The Kier molecular flexibility index (Phi) is 17.2. The van der Waals surface area contributed by atoms with Gasteiger partial charge < -0.3 is 40.0 Å². The fourth-order valence-corrected chi connectivity index (χ4v) is 6.46. The molecule has 0 spiro atoms. The first-order chi connectivity index (χ1) is 20.8. The largest absolute Gasteiger partial charge is 0.395 e. The minimum atomic E-state index is -2.61. The minimum absolute atomic E-state index is 0.302. The number of rotatable bonds is 15. The number of unbranched alkanes of at least 4 members (excludes halogenated alkanes) is 5. The Morgan fingerprint density at radius 2 is 1.18 bits per heavy atom. The maximum absolute atomic E-state index is 12.6. The van der Waals surface area contributed by atoms with Crippen LogP contribution in [0.4, 0.5) is 0 Å². The molecular formula is C34H58O9P2. The van der Waals surface area contributed by atoms with Crippen molar-refractivity contribution >= 4 is 17.2 Å². The van der Waals surface area contributed by atoms with Crippen molar-refractivity contribution in [2.75, 3.05) is 13.2 Å². The number of aliphatic hydroxyl groups excluding tert-OH is 3. The molecular weight excluding hydrogens is 614 g/mol. The highest BCUT2D eigenvalue weighted by molar-refractivity contribution is 7.53. The molecule has 0 aliphatic rings. The van der Waals surface area contributed by atoms with Gasteiger partial charge in [0.1, 0.15) is 5.60 Å². The van der Waals surface area contributed by atoms with E-state index in [-0.39, 0.29) is 10.8 Å². The smallest absolute Gasteiger partial charge is 0.334 e. The Hall–Kier alpha value is -1.06. The van der Waals surface area contributed by atoms with Gasteiger partial charge in [-0.15, -0.1) is 0 Å². The lowest BCUT2D eigenvalue weighted by atomic mass is 9.60. The van der Waals surface area contributed by atoms with Gasteiger partial charge in [0.2, 0.25) is 0 Å². The summed E-state index contributed by atoms with van der Waals surface area (Å²) in [6, 6.07) is 13.5. The van der Waals surface area contributed by atoms with Crippen molar-refractivity contribution < 1.29 is 44.3 Å². The maximum Gasteiger partial charge on any atom is 0.334 e. The van der Waals surface area contributed by atoms with E-state index in [1.165, 1.54) is 12.8 Å². The molecule has 0 amide bonds. The number of hydrogen-bond acceptors (Lipinski definition) is 9. The lowest BCUT2D eigenvalue weighted by Crippen LogP contribution is -2.55. The van der Waals surface area contributed by atoms with E-state index in [1.54, 1.807) is 0 Å². The molecule has 0 saturated carbocycles. The Bertz CT molecular complexity index is 1090. The molecule has 0 radical (unpaired) electrons. The summed E-state index contributed by atoms with van der Waals surface area (Å²) in [7, 11) is -5.22. The summed E-state index contributed by atoms with van der Waals surface area (Å²) in [5.41, 5.74) is 0.483. The van der Waals surface area contributed by atoms with E-state index in [0.717, 1.165) is 42.4 Å². The van der Waals surface area contributed by atoms with Crippen molar-refractivity contribution in [3.63, 3.8) is 0 Å². The van der Waals surface area contributed by atoms with E-state index in [4.69, 9.17) is 19.6 Å². The standard InChI is InChI=1S/C34H54O4.H4O5P2/c1-9-10-11-12-13-17-20-34(38,26-18-15-14-16-19-26)33(23-35,24-36)30(37)29-27(31(3,4)5)21-25(2)22-28(29)32(6,7)8;1-6(2)5-7(3)4/h14-16,18-19,21-22,30,35-38H,9-13,17,20,23-24H2,1-8H3;1-4H. The van der Waals surface area contributed by atoms with Crippen LogP contribution in [-0.4, -0.2) is 53.2 Å². The van der Waals surface area contributed by atoms with Gasteiger partial charge in [-0.3, -0.25) is 0 Å². The highest BCUT2D eigenvalue weighted by Crippen LogP contribution is 2.54. The molecule has 0 fully saturated rings. The SMILES string of the molecule is CCCCCCCCC(O)(c1ccccc1)C(CO)(CO)C(O)c1c(C(C)(C)C)cc(C)cc1C(C)(C)C.OP(O)OP(O)O. The monoisotopic (exact) mass is 672 g/mol. The molecule has 0 aliphatic heterocycles. The quantitative estimate of drug-likeness (QED) is 0.0761. The second-order valence-electron chi connectivity index (χ2n) is 14.0. The molecule has 45 heavy (non-hydrogen) atoms. The molecule has 0 bridgehead atoms. The Labute approximate surface area is 273 Å². The minimum Gasteiger partial charge on any atom is -0.395 e.